The molecule has 0 spiro atoms. The molecule has 1 N–H and O–H groups in total. The van der Waals surface area contributed by atoms with Crippen molar-refractivity contribution in [3.63, 3.8) is 0 Å². The maximum absolute atomic E-state index is 8.74. The summed E-state index contributed by atoms with van der Waals surface area (Å²) in [5.41, 5.74) is 0. The largest absolute Gasteiger partial charge is 1.00 e. The van der Waals surface area contributed by atoms with Crippen molar-refractivity contribution in [3.05, 3.63) is 0 Å². The average molecular weight is 141 g/mol. The van der Waals surface area contributed by atoms with Gasteiger partial charge in [0.15, 0.2) is 0 Å². The van der Waals surface area contributed by atoms with Gasteiger partial charge in [-0.3, -0.25) is 8.99 Å². The monoisotopic (exact) mass is 141 g/mol. The Morgan fingerprint density at radius 2 is 1.29 bits per heavy atom. The van der Waals surface area contributed by atoms with Crippen LogP contribution < -0.4 is 59.1 Å². The first-order valence-corrected chi connectivity index (χ1v) is 2.11. The third kappa shape index (κ3) is 77.5. The molecule has 0 amide bonds. The van der Waals surface area contributed by atoms with Crippen molar-refractivity contribution in [1.82, 2.24) is 0 Å². The first-order chi connectivity index (χ1) is 2.00. The molecule has 0 saturated heterocycles. The zero-order chi connectivity index (χ0) is 4.50. The molecule has 7 heavy (non-hydrogen) atoms. The summed E-state index contributed by atoms with van der Waals surface area (Å²) in [6, 6.07) is 0. The van der Waals surface area contributed by atoms with Crippen LogP contribution in [0, 0.1) is 4.78 Å². The van der Waals surface area contributed by atoms with Crippen LogP contribution in [0.3, 0.4) is 0 Å². The van der Waals surface area contributed by atoms with Gasteiger partial charge in [-0.05, 0) is 0 Å². The van der Waals surface area contributed by atoms with Crippen molar-refractivity contribution < 1.29 is 72.4 Å². The summed E-state index contributed by atoms with van der Waals surface area (Å²) in [6.07, 6.45) is 0. The third-order valence-electron chi connectivity index (χ3n) is 0. The second kappa shape index (κ2) is 6.00. The normalized spacial score (nSPS) is 8.29. The molecule has 0 bridgehead atoms. The van der Waals surface area contributed by atoms with Gasteiger partial charge in [0.2, 0.25) is 0 Å². The Bertz CT molecular complexity index is 96.1. The Morgan fingerprint density at radius 1 is 1.29 bits per heavy atom. The second-order valence-corrected chi connectivity index (χ2v) is 1.36. The smallest absolute Gasteiger partial charge is 0.775 e. The topological polar surface area (TPSA) is 87.0 Å². The van der Waals surface area contributed by atoms with Gasteiger partial charge in [-0.25, -0.2) is 0 Å². The van der Waals surface area contributed by atoms with Gasteiger partial charge < -0.3 is 9.11 Å². The Morgan fingerprint density at radius 3 is 1.29 bits per heavy atom. The van der Waals surface area contributed by atoms with E-state index in [4.69, 9.17) is 18.1 Å². The Hall–Kier alpha value is 1.87. The molecule has 0 aliphatic heterocycles. The molecule has 0 aromatic rings. The number of hydrogen-bond acceptors (Lipinski definition) is 4. The number of hydrogen-bond donors (Lipinski definition) is 1. The zero-order valence-electron chi connectivity index (χ0n) is 4.13. The molecule has 0 atom stereocenters. The molecule has 0 heterocycles. The summed E-state index contributed by atoms with van der Waals surface area (Å²) in [5, 5.41) is 0. The van der Waals surface area contributed by atoms with E-state index in [1.54, 1.807) is 0 Å². The van der Waals surface area contributed by atoms with Crippen LogP contribution in [0.5, 0.6) is 0 Å². The molecule has 0 radical (unpaired) electrons. The van der Waals surface area contributed by atoms with Crippen LogP contribution in [0.25, 0.3) is 0 Å². The summed E-state index contributed by atoms with van der Waals surface area (Å²) in [4.78, 5) is 0. The quantitative estimate of drug-likeness (QED) is 0.340. The number of nitrogens with one attached hydrogen (secondary N) is 1. The van der Waals surface area contributed by atoms with E-state index >= 15 is 0 Å². The minimum Gasteiger partial charge on any atom is -0.775 e. The molecule has 0 aromatic heterocycles. The molecule has 0 unspecified atom stereocenters. The van der Waals surface area contributed by atoms with E-state index in [1.807, 2.05) is 0 Å². The van der Waals surface area contributed by atoms with Crippen molar-refractivity contribution >= 4 is 10.3 Å². The molecule has 4 nitrogen and oxygen atoms in total. The van der Waals surface area contributed by atoms with E-state index in [-0.39, 0.29) is 59.1 Å². The number of rotatable bonds is 0. The fourth-order valence-corrected chi connectivity index (χ4v) is 0. The standard InChI is InChI=1S/H3NO3S.2Na/c1-5(2,3)4;;/h(H3,1,2,3,4);;/q;2*+1/p-2. The van der Waals surface area contributed by atoms with Gasteiger partial charge in [0.05, 0.1) is 0 Å². The summed E-state index contributed by atoms with van der Waals surface area (Å²) in [7, 11) is -4.67. The van der Waals surface area contributed by atoms with Crippen LogP contribution in [0.1, 0.15) is 0 Å². The maximum Gasteiger partial charge on any atom is 1.00 e. The molecule has 0 fully saturated rings. The van der Waals surface area contributed by atoms with Crippen LogP contribution in [0.15, 0.2) is 0 Å². The SMILES string of the molecule is N=S(=O)([O-])[O-].[Na+].[Na+]. The molecular weight excluding hydrogens is 140 g/mol. The fraction of sp³-hybridized carbons (Fsp3) is 0. The molecule has 0 aromatic carbocycles. The van der Waals surface area contributed by atoms with Gasteiger partial charge in [-0.2, -0.15) is 0 Å². The second-order valence-electron chi connectivity index (χ2n) is 0.454. The Labute approximate surface area is 86.3 Å². The summed E-state index contributed by atoms with van der Waals surface area (Å²) < 4.78 is 31.6. The first kappa shape index (κ1) is 15.9. The van der Waals surface area contributed by atoms with Crippen molar-refractivity contribution in [3.8, 4) is 0 Å². The predicted molar refractivity (Wildman–Crippen MR) is 12.4 cm³/mol. The zero-order valence-corrected chi connectivity index (χ0v) is 8.95. The van der Waals surface area contributed by atoms with Crippen molar-refractivity contribution in [2.24, 2.45) is 0 Å². The maximum atomic E-state index is 8.74. The Balaban J connectivity index is -0.0000000800. The van der Waals surface area contributed by atoms with Crippen molar-refractivity contribution in [2.75, 3.05) is 0 Å². The summed E-state index contributed by atoms with van der Waals surface area (Å²) in [5.74, 6) is 0. The van der Waals surface area contributed by atoms with E-state index in [0.717, 1.165) is 0 Å². The molecule has 0 saturated carbocycles. The Kier molecular flexibility index (Phi) is 13.7. The van der Waals surface area contributed by atoms with E-state index in [9.17, 15) is 0 Å². The van der Waals surface area contributed by atoms with Crippen molar-refractivity contribution in [1.29, 1.82) is 4.78 Å². The summed E-state index contributed by atoms with van der Waals surface area (Å²) >= 11 is 0. The molecular formula is HNNa2O3S. The van der Waals surface area contributed by atoms with Gasteiger partial charge in [-0.1, -0.05) is 10.3 Å². The van der Waals surface area contributed by atoms with Gasteiger partial charge in [-0.15, -0.1) is 0 Å². The summed E-state index contributed by atoms with van der Waals surface area (Å²) in [6.45, 7) is 0. The van der Waals surface area contributed by atoms with Gasteiger partial charge in [0, 0.05) is 0 Å². The first-order valence-electron chi connectivity index (χ1n) is 0.704. The van der Waals surface area contributed by atoms with Crippen LogP contribution in [0.2, 0.25) is 0 Å². The predicted octanol–water partition coefficient (Wildman–Crippen LogP) is -6.70. The molecule has 0 aliphatic rings. The van der Waals surface area contributed by atoms with E-state index < -0.39 is 10.3 Å². The van der Waals surface area contributed by atoms with Crippen LogP contribution >= 0.6 is 0 Å². The average Bonchev–Trinajstić information content (AvgIpc) is 0.722. The molecule has 0 aliphatic carbocycles. The molecule has 0 rings (SSSR count). The van der Waals surface area contributed by atoms with Crippen LogP contribution in [-0.4, -0.2) is 13.3 Å². The van der Waals surface area contributed by atoms with Gasteiger partial charge in [0.25, 0.3) is 0 Å². The van der Waals surface area contributed by atoms with E-state index in [2.05, 4.69) is 0 Å². The van der Waals surface area contributed by atoms with E-state index in [1.165, 1.54) is 0 Å². The van der Waals surface area contributed by atoms with Crippen LogP contribution in [-0.2, 0) is 10.3 Å². The fourth-order valence-electron chi connectivity index (χ4n) is 0. The van der Waals surface area contributed by atoms with E-state index in [0.29, 0.717) is 0 Å². The minimum absolute atomic E-state index is 0. The molecule has 7 heteroatoms. The van der Waals surface area contributed by atoms with Crippen molar-refractivity contribution in [2.45, 2.75) is 0 Å². The van der Waals surface area contributed by atoms with Gasteiger partial charge in [0.1, 0.15) is 0 Å². The molecule has 32 valence electrons. The van der Waals surface area contributed by atoms with Gasteiger partial charge >= 0.3 is 59.1 Å². The van der Waals surface area contributed by atoms with Crippen LogP contribution in [0.4, 0.5) is 0 Å². The minimum atomic E-state index is -4.67. The third-order valence-corrected chi connectivity index (χ3v) is 0.